The van der Waals surface area contributed by atoms with E-state index in [4.69, 9.17) is 5.11 Å². The topological polar surface area (TPSA) is 46.1 Å². The Labute approximate surface area is 83.2 Å². The van der Waals surface area contributed by atoms with E-state index in [1.165, 1.54) is 0 Å². The summed E-state index contributed by atoms with van der Waals surface area (Å²) in [4.78, 5) is 10.2. The van der Waals surface area contributed by atoms with Crippen LogP contribution in [0.25, 0.3) is 0 Å². The number of rotatable bonds is 4. The van der Waals surface area contributed by atoms with Gasteiger partial charge in [0.2, 0.25) is 6.33 Å². The van der Waals surface area contributed by atoms with Crippen LogP contribution in [-0.4, -0.2) is 15.6 Å². The van der Waals surface area contributed by atoms with Crippen molar-refractivity contribution in [2.75, 3.05) is 0 Å². The fourth-order valence-corrected chi connectivity index (χ4v) is 0.983. The molecule has 74 valence electrons. The second-order valence-corrected chi connectivity index (χ2v) is 2.63. The summed E-state index contributed by atoms with van der Waals surface area (Å²) >= 11 is 0. The molecule has 1 aromatic heterocycles. The molecule has 0 atom stereocenters. The second kappa shape index (κ2) is 5.59. The molecule has 0 amide bonds. The third-order valence-electron chi connectivity index (χ3n) is 1.70. The van der Waals surface area contributed by atoms with Crippen LogP contribution in [0.2, 0.25) is 0 Å². The van der Waals surface area contributed by atoms with Crippen molar-refractivity contribution in [2.24, 2.45) is 0 Å². The van der Waals surface area contributed by atoms with E-state index in [2.05, 4.69) is 0 Å². The second-order valence-electron chi connectivity index (χ2n) is 2.63. The summed E-state index contributed by atoms with van der Waals surface area (Å²) in [6.07, 6.45) is 5.90. The van der Waals surface area contributed by atoms with Gasteiger partial charge in [-0.2, -0.15) is 0 Å². The lowest BCUT2D eigenvalue weighted by Crippen LogP contribution is -3.00. The number of aliphatic carboxylic acids is 1. The summed E-state index contributed by atoms with van der Waals surface area (Å²) in [5, 5.41) is 8.42. The van der Waals surface area contributed by atoms with E-state index < -0.39 is 5.97 Å². The van der Waals surface area contributed by atoms with Crippen LogP contribution in [0.4, 0.5) is 0 Å². The zero-order valence-electron chi connectivity index (χ0n) is 7.48. The van der Waals surface area contributed by atoms with Crippen LogP contribution in [0, 0.1) is 0 Å². The molecule has 1 rings (SSSR count). The quantitative estimate of drug-likeness (QED) is 0.542. The zero-order chi connectivity index (χ0) is 8.97. The van der Waals surface area contributed by atoms with Crippen LogP contribution >= 0.6 is 0 Å². The highest BCUT2D eigenvalue weighted by atomic mass is 35.5. The van der Waals surface area contributed by atoms with Gasteiger partial charge in [0, 0.05) is 0 Å². The Balaban J connectivity index is 0.00000144. The number of carbonyl (C=O) groups is 1. The Hall–Kier alpha value is -1.03. The molecule has 0 aliphatic rings. The van der Waals surface area contributed by atoms with Crippen molar-refractivity contribution in [3.05, 3.63) is 18.7 Å². The van der Waals surface area contributed by atoms with E-state index in [0.717, 1.165) is 6.54 Å². The number of carboxylic acids is 1. The van der Waals surface area contributed by atoms with E-state index in [9.17, 15) is 4.79 Å². The van der Waals surface area contributed by atoms with Gasteiger partial charge in [-0.25, -0.2) is 9.13 Å². The minimum Gasteiger partial charge on any atom is -1.00 e. The van der Waals surface area contributed by atoms with Crippen molar-refractivity contribution in [3.8, 4) is 0 Å². The minimum atomic E-state index is -0.758. The number of halogens is 1. The number of aryl methyl sites for hydroxylation is 2. The van der Waals surface area contributed by atoms with Gasteiger partial charge >= 0.3 is 5.97 Å². The Morgan fingerprint density at radius 2 is 2.31 bits per heavy atom. The molecule has 0 fully saturated rings. The lowest BCUT2D eigenvalue weighted by atomic mass is 10.4. The van der Waals surface area contributed by atoms with E-state index in [1.54, 1.807) is 0 Å². The number of imidazole rings is 1. The van der Waals surface area contributed by atoms with E-state index in [1.807, 2.05) is 34.8 Å². The Morgan fingerprint density at radius 3 is 2.77 bits per heavy atom. The van der Waals surface area contributed by atoms with Gasteiger partial charge in [-0.05, 0) is 6.92 Å². The highest BCUT2D eigenvalue weighted by Gasteiger charge is 2.03. The van der Waals surface area contributed by atoms with Crippen LogP contribution in [-0.2, 0) is 17.9 Å². The standard InChI is InChI=1S/C8H12N2O2.ClH/c1-2-9-5-6-10(7-9)4-3-8(11)12;/h5-7H,2-4H2,1H3;1H. The molecule has 1 N–H and O–H groups in total. The molecule has 4 nitrogen and oxygen atoms in total. The first-order valence-electron chi connectivity index (χ1n) is 3.99. The first-order chi connectivity index (χ1) is 5.72. The number of hydrogen-bond donors (Lipinski definition) is 1. The number of carboxylic acid groups (broad SMARTS) is 1. The van der Waals surface area contributed by atoms with Crippen LogP contribution < -0.4 is 17.0 Å². The third-order valence-corrected chi connectivity index (χ3v) is 1.70. The summed E-state index contributed by atoms with van der Waals surface area (Å²) in [7, 11) is 0. The normalized spacial score (nSPS) is 9.31. The average molecular weight is 205 g/mol. The van der Waals surface area contributed by atoms with Crippen molar-refractivity contribution in [1.82, 2.24) is 4.57 Å². The average Bonchev–Trinajstić information content (AvgIpc) is 2.48. The maximum Gasteiger partial charge on any atom is 0.307 e. The monoisotopic (exact) mass is 204 g/mol. The van der Waals surface area contributed by atoms with Gasteiger partial charge in [0.1, 0.15) is 18.9 Å². The molecule has 0 aliphatic carbocycles. The lowest BCUT2D eigenvalue weighted by Gasteiger charge is -1.90. The smallest absolute Gasteiger partial charge is 0.307 e. The molecule has 5 heteroatoms. The van der Waals surface area contributed by atoms with Crippen molar-refractivity contribution in [1.29, 1.82) is 0 Å². The van der Waals surface area contributed by atoms with Crippen molar-refractivity contribution in [2.45, 2.75) is 26.4 Å². The fourth-order valence-electron chi connectivity index (χ4n) is 0.983. The Morgan fingerprint density at radius 1 is 1.62 bits per heavy atom. The van der Waals surface area contributed by atoms with Gasteiger partial charge in [0.25, 0.3) is 0 Å². The molecule has 0 radical (unpaired) electrons. The van der Waals surface area contributed by atoms with Crippen LogP contribution in [0.1, 0.15) is 13.3 Å². The molecule has 0 unspecified atom stereocenters. The third kappa shape index (κ3) is 3.94. The summed E-state index contributed by atoms with van der Waals surface area (Å²) in [5.41, 5.74) is 0. The molecule has 0 spiro atoms. The van der Waals surface area contributed by atoms with Crippen LogP contribution in [0.15, 0.2) is 18.7 Å². The molecule has 0 bridgehead atoms. The van der Waals surface area contributed by atoms with E-state index in [-0.39, 0.29) is 18.8 Å². The number of nitrogens with zero attached hydrogens (tertiary/aromatic N) is 2. The lowest BCUT2D eigenvalue weighted by molar-refractivity contribution is -0.695. The first kappa shape index (κ1) is 12.0. The molecule has 0 aromatic carbocycles. The van der Waals surface area contributed by atoms with Gasteiger partial charge in [-0.3, -0.25) is 4.79 Å². The largest absolute Gasteiger partial charge is 1.00 e. The van der Waals surface area contributed by atoms with E-state index >= 15 is 0 Å². The first-order valence-corrected chi connectivity index (χ1v) is 3.99. The molecule has 0 saturated heterocycles. The van der Waals surface area contributed by atoms with Gasteiger partial charge in [0.15, 0.2) is 0 Å². The Kier molecular flexibility index (Phi) is 5.14. The SMILES string of the molecule is CCn1cc[n+](CCC(=O)O)c1.[Cl-]. The van der Waals surface area contributed by atoms with Crippen molar-refractivity contribution < 1.29 is 26.9 Å². The van der Waals surface area contributed by atoms with Gasteiger partial charge < -0.3 is 17.5 Å². The molecule has 1 aromatic rings. The molecule has 0 aliphatic heterocycles. The molecule has 1 heterocycles. The summed E-state index contributed by atoms with van der Waals surface area (Å²) < 4.78 is 3.87. The predicted octanol–water partition coefficient (Wildman–Crippen LogP) is -2.73. The van der Waals surface area contributed by atoms with E-state index in [0.29, 0.717) is 6.54 Å². The molecule has 13 heavy (non-hydrogen) atoms. The van der Waals surface area contributed by atoms with Gasteiger partial charge in [0.05, 0.1) is 13.0 Å². The molecule has 0 saturated carbocycles. The summed E-state index contributed by atoms with van der Waals surface area (Å²) in [5.74, 6) is -0.758. The predicted molar refractivity (Wildman–Crippen MR) is 42.6 cm³/mol. The highest BCUT2D eigenvalue weighted by Crippen LogP contribution is 1.85. The number of aromatic nitrogens is 2. The highest BCUT2D eigenvalue weighted by molar-refractivity contribution is 5.66. The number of hydrogen-bond acceptors (Lipinski definition) is 1. The van der Waals surface area contributed by atoms with Crippen LogP contribution in [0.3, 0.4) is 0 Å². The minimum absolute atomic E-state index is 0. The van der Waals surface area contributed by atoms with Gasteiger partial charge in [-0.15, -0.1) is 0 Å². The fraction of sp³-hybridized carbons (Fsp3) is 0.500. The Bertz CT molecular complexity index is 273. The summed E-state index contributed by atoms with van der Waals surface area (Å²) in [6.45, 7) is 3.50. The van der Waals surface area contributed by atoms with Crippen LogP contribution in [0.5, 0.6) is 0 Å². The van der Waals surface area contributed by atoms with Crippen molar-refractivity contribution in [3.63, 3.8) is 0 Å². The van der Waals surface area contributed by atoms with Crippen molar-refractivity contribution >= 4 is 5.97 Å². The zero-order valence-corrected chi connectivity index (χ0v) is 8.24. The van der Waals surface area contributed by atoms with Gasteiger partial charge in [-0.1, -0.05) is 0 Å². The molecular formula is C8H13ClN2O2. The molecular weight excluding hydrogens is 192 g/mol. The maximum absolute atomic E-state index is 10.2. The summed E-state index contributed by atoms with van der Waals surface area (Å²) in [6, 6.07) is 0. The maximum atomic E-state index is 10.2.